The summed E-state index contributed by atoms with van der Waals surface area (Å²) < 4.78 is 0. The molecule has 4 amide bonds. The molecular formula is C88H132N6O8. The highest BCUT2D eigenvalue weighted by molar-refractivity contribution is 5.89. The van der Waals surface area contributed by atoms with Gasteiger partial charge in [0.15, 0.2) is 5.78 Å². The maximum atomic E-state index is 12.6. The fourth-order valence-electron chi connectivity index (χ4n) is 10.5. The fourth-order valence-corrected chi connectivity index (χ4v) is 10.5. The zero-order chi connectivity index (χ0) is 76.2. The Kier molecular flexibility index (Phi) is 50.0. The van der Waals surface area contributed by atoms with E-state index in [1.165, 1.54) is 22.3 Å². The molecule has 0 aromatic heterocycles. The van der Waals surface area contributed by atoms with Crippen LogP contribution in [0.25, 0.3) is 0 Å². The van der Waals surface area contributed by atoms with E-state index in [9.17, 15) is 33.6 Å². The molecule has 0 fully saturated rings. The molecule has 562 valence electrons. The zero-order valence-electron chi connectivity index (χ0n) is 65.0. The number of rotatable bonds is 43. The second-order valence-electron chi connectivity index (χ2n) is 28.4. The van der Waals surface area contributed by atoms with Crippen LogP contribution in [0.1, 0.15) is 249 Å². The Morgan fingerprint density at radius 3 is 0.951 bits per heavy atom. The van der Waals surface area contributed by atoms with Crippen molar-refractivity contribution in [2.75, 3.05) is 26.2 Å². The van der Waals surface area contributed by atoms with E-state index in [0.29, 0.717) is 88.4 Å². The van der Waals surface area contributed by atoms with E-state index in [4.69, 9.17) is 16.6 Å². The number of carboxylic acids is 1. The number of nitrogens with two attached hydrogens (primary N) is 2. The lowest BCUT2D eigenvalue weighted by atomic mass is 9.96. The van der Waals surface area contributed by atoms with E-state index in [2.05, 4.69) is 187 Å². The summed E-state index contributed by atoms with van der Waals surface area (Å²) in [5, 5.41) is 20.3. The van der Waals surface area contributed by atoms with Gasteiger partial charge in [0.25, 0.3) is 0 Å². The lowest BCUT2D eigenvalue weighted by molar-refractivity contribution is -0.138. The summed E-state index contributed by atoms with van der Waals surface area (Å²) in [6, 6.07) is 31.7. The Morgan fingerprint density at radius 2 is 0.667 bits per heavy atom. The molecule has 0 spiro atoms. The fraction of sp³-hybridized carbons (Fsp3) is 0.511. The average Bonchev–Trinajstić information content (AvgIpc) is 0.890. The number of hydrogen-bond donors (Lipinski definition) is 7. The van der Waals surface area contributed by atoms with E-state index in [1.807, 2.05) is 87.5 Å². The van der Waals surface area contributed by atoms with Gasteiger partial charge in [-0.25, -0.2) is 0 Å². The first kappa shape index (κ1) is 91.9. The van der Waals surface area contributed by atoms with Gasteiger partial charge in [0.1, 0.15) is 5.78 Å². The third-order valence-corrected chi connectivity index (χ3v) is 16.8. The molecule has 4 unspecified atom stereocenters. The van der Waals surface area contributed by atoms with Crippen molar-refractivity contribution in [2.45, 2.75) is 242 Å². The number of amides is 4. The van der Waals surface area contributed by atoms with Gasteiger partial charge >= 0.3 is 5.97 Å². The number of nitrogens with one attached hydrogen (secondary N) is 4. The van der Waals surface area contributed by atoms with Crippen LogP contribution in [0, 0.1) is 23.7 Å². The van der Waals surface area contributed by atoms with Crippen molar-refractivity contribution >= 4 is 41.2 Å². The number of aliphatic carboxylic acids is 1. The van der Waals surface area contributed by atoms with E-state index in [0.717, 1.165) is 86.5 Å². The normalized spacial score (nSPS) is 13.3. The van der Waals surface area contributed by atoms with Crippen LogP contribution in [-0.2, 0) is 59.2 Å². The van der Waals surface area contributed by atoms with Gasteiger partial charge in [-0.1, -0.05) is 232 Å². The van der Waals surface area contributed by atoms with Gasteiger partial charge in [0.2, 0.25) is 23.6 Å². The van der Waals surface area contributed by atoms with Crippen LogP contribution in [-0.4, -0.2) is 84.5 Å². The van der Waals surface area contributed by atoms with Gasteiger partial charge in [0, 0.05) is 45.4 Å². The molecule has 4 rings (SSSR count). The van der Waals surface area contributed by atoms with Crippen molar-refractivity contribution in [1.29, 1.82) is 0 Å². The molecule has 0 saturated heterocycles. The van der Waals surface area contributed by atoms with Gasteiger partial charge in [-0.2, -0.15) is 0 Å². The Bertz CT molecular complexity index is 3170. The Hall–Kier alpha value is -8.07. The predicted molar refractivity (Wildman–Crippen MR) is 427 cm³/mol. The summed E-state index contributed by atoms with van der Waals surface area (Å²) in [7, 11) is 0. The highest BCUT2D eigenvalue weighted by atomic mass is 16.4. The van der Waals surface area contributed by atoms with Crippen LogP contribution in [0.5, 0.6) is 0 Å². The quantitative estimate of drug-likeness (QED) is 0.0163. The van der Waals surface area contributed by atoms with Crippen molar-refractivity contribution in [2.24, 2.45) is 35.1 Å². The summed E-state index contributed by atoms with van der Waals surface area (Å²) in [6.45, 7) is 32.5. The van der Waals surface area contributed by atoms with Gasteiger partial charge < -0.3 is 37.8 Å². The predicted octanol–water partition coefficient (Wildman–Crippen LogP) is 17.4. The summed E-state index contributed by atoms with van der Waals surface area (Å²) in [6.07, 6.45) is 38.8. The van der Waals surface area contributed by atoms with E-state index in [-0.39, 0.29) is 52.9 Å². The van der Waals surface area contributed by atoms with Crippen LogP contribution in [0.15, 0.2) is 170 Å². The molecule has 4 aromatic rings. The van der Waals surface area contributed by atoms with E-state index >= 15 is 0 Å². The second-order valence-corrected chi connectivity index (χ2v) is 28.4. The molecule has 0 heterocycles. The summed E-state index contributed by atoms with van der Waals surface area (Å²) >= 11 is 0. The van der Waals surface area contributed by atoms with E-state index in [1.54, 1.807) is 20.8 Å². The van der Waals surface area contributed by atoms with Crippen LogP contribution in [0.4, 0.5) is 0 Å². The van der Waals surface area contributed by atoms with Gasteiger partial charge in [0.05, 0.1) is 35.8 Å². The summed E-state index contributed by atoms with van der Waals surface area (Å²) in [4.78, 5) is 83.4. The van der Waals surface area contributed by atoms with Crippen LogP contribution >= 0.6 is 0 Å². The molecule has 14 nitrogen and oxygen atoms in total. The van der Waals surface area contributed by atoms with Crippen molar-refractivity contribution < 1.29 is 38.7 Å². The first-order valence-electron chi connectivity index (χ1n) is 37.7. The van der Waals surface area contributed by atoms with Crippen molar-refractivity contribution in [3.05, 3.63) is 214 Å². The highest BCUT2D eigenvalue weighted by Crippen LogP contribution is 2.22. The molecule has 0 bridgehead atoms. The van der Waals surface area contributed by atoms with Crippen LogP contribution in [0.3, 0.4) is 0 Å². The topological polar surface area (TPSA) is 240 Å². The first-order chi connectivity index (χ1) is 48.6. The molecule has 14 heteroatoms. The number of ketones is 2. The molecule has 4 aromatic carbocycles. The maximum Gasteiger partial charge on any atom is 0.310 e. The molecule has 0 saturated carbocycles. The van der Waals surface area contributed by atoms with Crippen molar-refractivity contribution in [3.8, 4) is 0 Å². The SMILES string of the molecule is CC(C)Cc1ccc(C(C)C(=O)NCCCC(=O)[C@H](C)N)cc1.CC(C)Cc1ccc(C(C)C(=O)NCCN)cc1.CC(C)Cc1ccc(C(C)C(=O)O)cc1.CC/C=C\C/C=C\C/C=C\C/C=C\C/C=C\C/C=C\CCC(=O)N[C@@H](C)C(=O)CCCNC(=O)C(C)c1ccc(CC(C)C)cc1. The molecule has 0 aliphatic heterocycles. The van der Waals surface area contributed by atoms with Gasteiger partial charge in [-0.05, 0) is 193 Å². The van der Waals surface area contributed by atoms with Crippen molar-refractivity contribution in [1.82, 2.24) is 21.3 Å². The molecule has 102 heavy (non-hydrogen) atoms. The largest absolute Gasteiger partial charge is 0.481 e. The summed E-state index contributed by atoms with van der Waals surface area (Å²) in [5.74, 6) is 0.643. The maximum absolute atomic E-state index is 12.6. The molecule has 6 atom stereocenters. The number of carboxylic acid groups (broad SMARTS) is 1. The smallest absolute Gasteiger partial charge is 0.310 e. The third kappa shape index (κ3) is 44.3. The Balaban J connectivity index is 0.000000765. The lowest BCUT2D eigenvalue weighted by Crippen LogP contribution is -2.38. The Morgan fingerprint density at radius 1 is 0.382 bits per heavy atom. The van der Waals surface area contributed by atoms with E-state index < -0.39 is 24.0 Å². The monoisotopic (exact) mass is 1400 g/mol. The number of hydrogen-bond acceptors (Lipinski definition) is 9. The number of benzene rings is 4. The Labute approximate surface area is 616 Å². The zero-order valence-corrected chi connectivity index (χ0v) is 65.0. The van der Waals surface area contributed by atoms with Crippen molar-refractivity contribution in [3.63, 3.8) is 0 Å². The third-order valence-electron chi connectivity index (χ3n) is 16.8. The number of Topliss-reactive ketones (excluding diaryl/α,β-unsaturated/α-hetero) is 2. The van der Waals surface area contributed by atoms with Gasteiger partial charge in [-0.15, -0.1) is 0 Å². The second kappa shape index (κ2) is 55.5. The van der Waals surface area contributed by atoms with Crippen LogP contribution < -0.4 is 32.7 Å². The number of carbonyl (C=O) groups excluding carboxylic acids is 6. The highest BCUT2D eigenvalue weighted by Gasteiger charge is 2.20. The molecule has 9 N–H and O–H groups in total. The molecule has 0 radical (unpaired) electrons. The minimum Gasteiger partial charge on any atom is -0.481 e. The molecule has 0 aliphatic rings. The number of allylic oxidation sites excluding steroid dienone is 12. The number of carbonyl (C=O) groups is 7. The molecular weight excluding hydrogens is 1270 g/mol. The minimum absolute atomic E-state index is 0.00476. The van der Waals surface area contributed by atoms with Gasteiger partial charge in [-0.3, -0.25) is 33.6 Å². The average molecular weight is 1400 g/mol. The minimum atomic E-state index is -0.772. The summed E-state index contributed by atoms with van der Waals surface area (Å²) in [5.41, 5.74) is 20.0. The lowest BCUT2D eigenvalue weighted by Gasteiger charge is -2.15. The van der Waals surface area contributed by atoms with Crippen LogP contribution in [0.2, 0.25) is 0 Å². The molecule has 0 aliphatic carbocycles. The standard InChI is InChI=1S/C41H60N2O3.C19H30N2O2.C15H24N2O.C13H18O2/c1-6-7-8-9-10-11-12-13-14-15-16-17-18-19-20-21-22-23-24-27-40(45)43-36(5)39(44)26-25-32-42-41(46)35(4)38-30-28-37(29-31-38)33-34(2)3;1-13(2)12-16-7-9-17(10-8-16)14(3)19(23)21-11-5-6-18(22)15(4)20;1-11(2)10-13-4-6-14(7-5-13)12(3)15(18)17-9-8-16;1-9(2)8-11-4-6-12(7-5-11)10(3)13(14)15/h7-8,10-11,13-14,16-17,19-20,22-23,28-31,34-36H,6,9,12,15,18,21,24-27,32-33H2,1-5H3,(H,42,46)(H,43,45);7-10,13-15H,5-6,11-12,20H2,1-4H3,(H,21,23);4-7,11-12H,8-10,16H2,1-3H3,(H,17,18);4-7,9-10H,8H2,1-3H3,(H,14,15)/b8-7-,11-10-,14-13-,17-16-,20-19-,23-22-;;;/t35?,36-;14?,15-;;/m00../s1. The first-order valence-corrected chi connectivity index (χ1v) is 37.7.